The van der Waals surface area contributed by atoms with E-state index in [-0.39, 0.29) is 34.4 Å². The van der Waals surface area contributed by atoms with Gasteiger partial charge in [-0.3, -0.25) is 28.6 Å². The van der Waals surface area contributed by atoms with Gasteiger partial charge < -0.3 is 16.0 Å². The third-order valence-electron chi connectivity index (χ3n) is 7.60. The van der Waals surface area contributed by atoms with E-state index in [1.165, 1.54) is 35.6 Å². The van der Waals surface area contributed by atoms with Gasteiger partial charge in [0, 0.05) is 31.4 Å². The van der Waals surface area contributed by atoms with Crippen LogP contribution >= 0.6 is 0 Å². The fraction of sp³-hybridized carbons (Fsp3) is 0.333. The third-order valence-corrected chi connectivity index (χ3v) is 7.60. The summed E-state index contributed by atoms with van der Waals surface area (Å²) >= 11 is 0. The SMILES string of the molecule is Cc1ccc(Nc2c(C(=O)N(C)C3CC3)c(N(C=O)c3cccc(C(C)(C)C(N)=O)c3)c(C)c(=O)n2C)c(F)c1. The lowest BCUT2D eigenvalue weighted by atomic mass is 9.84. The lowest BCUT2D eigenvalue weighted by Gasteiger charge is -2.29. The first-order chi connectivity index (χ1) is 18.8. The Morgan fingerprint density at radius 2 is 1.82 bits per heavy atom. The number of aryl methyl sites for hydroxylation is 1. The molecule has 2 aromatic carbocycles. The number of carbonyl (C=O) groups excluding carboxylic acids is 3. The molecule has 1 aromatic heterocycles. The highest BCUT2D eigenvalue weighted by atomic mass is 19.1. The molecule has 0 aliphatic heterocycles. The Morgan fingerprint density at radius 3 is 2.40 bits per heavy atom. The number of nitrogens with one attached hydrogen (secondary N) is 1. The molecule has 4 rings (SSSR count). The summed E-state index contributed by atoms with van der Waals surface area (Å²) in [5.74, 6) is -1.49. The average molecular weight is 548 g/mol. The van der Waals surface area contributed by atoms with Crippen molar-refractivity contribution in [3.63, 3.8) is 0 Å². The number of carbonyl (C=O) groups is 3. The molecule has 3 aromatic rings. The molecular formula is C30H34FN5O4. The molecule has 10 heteroatoms. The zero-order chi connectivity index (χ0) is 29.5. The van der Waals surface area contributed by atoms with Gasteiger partial charge in [0.15, 0.2) is 0 Å². The Kier molecular flexibility index (Phi) is 7.56. The summed E-state index contributed by atoms with van der Waals surface area (Å²) in [4.78, 5) is 55.2. The summed E-state index contributed by atoms with van der Waals surface area (Å²) < 4.78 is 16.2. The van der Waals surface area contributed by atoms with Crippen LogP contribution in [-0.2, 0) is 22.1 Å². The molecule has 210 valence electrons. The van der Waals surface area contributed by atoms with Crippen molar-refractivity contribution in [1.82, 2.24) is 9.47 Å². The largest absolute Gasteiger partial charge is 0.369 e. The minimum absolute atomic E-state index is 0.0197. The van der Waals surface area contributed by atoms with Crippen LogP contribution in [0.15, 0.2) is 47.3 Å². The van der Waals surface area contributed by atoms with Crippen LogP contribution in [0, 0.1) is 19.7 Å². The van der Waals surface area contributed by atoms with Gasteiger partial charge in [0.05, 0.1) is 16.8 Å². The molecule has 3 N–H and O–H groups in total. The number of anilines is 4. The molecule has 3 amide bonds. The van der Waals surface area contributed by atoms with E-state index < -0.39 is 28.6 Å². The normalized spacial score (nSPS) is 13.1. The van der Waals surface area contributed by atoms with E-state index >= 15 is 0 Å². The highest BCUT2D eigenvalue weighted by Gasteiger charge is 2.36. The number of hydrogen-bond donors (Lipinski definition) is 2. The number of nitrogens with zero attached hydrogens (tertiary/aromatic N) is 3. The van der Waals surface area contributed by atoms with Crippen molar-refractivity contribution in [1.29, 1.82) is 0 Å². The van der Waals surface area contributed by atoms with Crippen LogP contribution in [0.5, 0.6) is 0 Å². The number of aromatic nitrogens is 1. The van der Waals surface area contributed by atoms with E-state index in [1.807, 2.05) is 0 Å². The van der Waals surface area contributed by atoms with E-state index in [2.05, 4.69) is 5.32 Å². The molecule has 9 nitrogen and oxygen atoms in total. The Morgan fingerprint density at radius 1 is 1.15 bits per heavy atom. The molecular weight excluding hydrogens is 513 g/mol. The van der Waals surface area contributed by atoms with Crippen LogP contribution < -0.4 is 21.5 Å². The van der Waals surface area contributed by atoms with Crippen molar-refractivity contribution in [3.8, 4) is 0 Å². The van der Waals surface area contributed by atoms with Gasteiger partial charge in [-0.1, -0.05) is 18.2 Å². The van der Waals surface area contributed by atoms with Crippen molar-refractivity contribution in [2.24, 2.45) is 12.8 Å². The number of amides is 3. The number of rotatable bonds is 9. The molecule has 0 unspecified atom stereocenters. The standard InChI is InChI=1S/C30H34FN5O4/c1-17-10-13-23(22(31)14-17)33-26-24(28(39)34(5)20-11-12-20)25(18(2)27(38)35(26)6)36(16-37)21-9-7-8-19(15-21)30(3,4)29(32)40/h7-10,13-16,20,33H,11-12H2,1-6H3,(H2,32,40). The van der Waals surface area contributed by atoms with Gasteiger partial charge in [-0.2, -0.15) is 0 Å². The molecule has 0 atom stereocenters. The van der Waals surface area contributed by atoms with Crippen molar-refractivity contribution >= 4 is 41.1 Å². The number of primary amides is 1. The number of halogens is 1. The quantitative estimate of drug-likeness (QED) is 0.390. The molecule has 1 fully saturated rings. The van der Waals surface area contributed by atoms with Gasteiger partial charge in [0.2, 0.25) is 12.3 Å². The maximum Gasteiger partial charge on any atom is 0.259 e. The predicted molar refractivity (Wildman–Crippen MR) is 153 cm³/mol. The minimum atomic E-state index is -1.05. The first kappa shape index (κ1) is 28.5. The molecule has 40 heavy (non-hydrogen) atoms. The van der Waals surface area contributed by atoms with Gasteiger partial charge in [0.25, 0.3) is 11.5 Å². The van der Waals surface area contributed by atoms with Crippen LogP contribution in [0.3, 0.4) is 0 Å². The Balaban J connectivity index is 2.00. The molecule has 1 aliphatic rings. The van der Waals surface area contributed by atoms with E-state index in [0.29, 0.717) is 23.2 Å². The van der Waals surface area contributed by atoms with Gasteiger partial charge in [0.1, 0.15) is 17.2 Å². The van der Waals surface area contributed by atoms with Crippen molar-refractivity contribution < 1.29 is 18.8 Å². The van der Waals surface area contributed by atoms with Crippen LogP contribution in [0.2, 0.25) is 0 Å². The fourth-order valence-electron chi connectivity index (χ4n) is 4.65. The van der Waals surface area contributed by atoms with Crippen LogP contribution in [0.4, 0.5) is 27.3 Å². The third kappa shape index (κ3) is 5.09. The van der Waals surface area contributed by atoms with Crippen molar-refractivity contribution in [2.75, 3.05) is 17.3 Å². The second-order valence-electron chi connectivity index (χ2n) is 10.8. The van der Waals surface area contributed by atoms with Gasteiger partial charge in [-0.15, -0.1) is 0 Å². The predicted octanol–water partition coefficient (Wildman–Crippen LogP) is 4.18. The van der Waals surface area contributed by atoms with Crippen LogP contribution in [0.25, 0.3) is 0 Å². The molecule has 0 bridgehead atoms. The first-order valence-electron chi connectivity index (χ1n) is 13.0. The Labute approximate surface area is 232 Å². The van der Waals surface area contributed by atoms with E-state index in [9.17, 15) is 23.6 Å². The molecule has 0 saturated heterocycles. The second kappa shape index (κ2) is 10.6. The molecule has 0 spiro atoms. The van der Waals surface area contributed by atoms with Crippen molar-refractivity contribution in [2.45, 2.75) is 52.0 Å². The second-order valence-corrected chi connectivity index (χ2v) is 10.8. The smallest absolute Gasteiger partial charge is 0.259 e. The molecule has 1 heterocycles. The minimum Gasteiger partial charge on any atom is -0.369 e. The number of benzene rings is 2. The number of hydrogen-bond acceptors (Lipinski definition) is 5. The van der Waals surface area contributed by atoms with Gasteiger partial charge in [-0.25, -0.2) is 4.39 Å². The lowest BCUT2D eigenvalue weighted by molar-refractivity contribution is -0.122. The maximum absolute atomic E-state index is 14.9. The summed E-state index contributed by atoms with van der Waals surface area (Å²) in [7, 11) is 3.16. The summed E-state index contributed by atoms with van der Waals surface area (Å²) in [6.45, 7) is 6.62. The zero-order valence-electron chi connectivity index (χ0n) is 23.5. The summed E-state index contributed by atoms with van der Waals surface area (Å²) in [5.41, 5.74) is 6.01. The van der Waals surface area contributed by atoms with Gasteiger partial charge >= 0.3 is 0 Å². The number of pyridine rings is 1. The monoisotopic (exact) mass is 547 g/mol. The summed E-state index contributed by atoms with van der Waals surface area (Å²) in [5, 5.41) is 2.96. The zero-order valence-corrected chi connectivity index (χ0v) is 23.5. The summed E-state index contributed by atoms with van der Waals surface area (Å²) in [6, 6.07) is 11.2. The lowest BCUT2D eigenvalue weighted by Crippen LogP contribution is -2.36. The Bertz CT molecular complexity index is 1570. The Hall–Kier alpha value is -4.47. The van der Waals surface area contributed by atoms with E-state index in [0.717, 1.165) is 12.8 Å². The highest BCUT2D eigenvalue weighted by Crippen LogP contribution is 2.38. The topological polar surface area (TPSA) is 118 Å². The molecule has 1 aliphatic carbocycles. The summed E-state index contributed by atoms with van der Waals surface area (Å²) in [6.07, 6.45) is 2.18. The van der Waals surface area contributed by atoms with Crippen LogP contribution in [-0.4, -0.2) is 40.8 Å². The van der Waals surface area contributed by atoms with Crippen molar-refractivity contribution in [3.05, 3.63) is 80.9 Å². The molecule has 0 radical (unpaired) electrons. The average Bonchev–Trinajstić information content (AvgIpc) is 3.76. The van der Waals surface area contributed by atoms with Crippen LogP contribution in [0.1, 0.15) is 53.7 Å². The number of nitrogens with two attached hydrogens (primary N) is 1. The first-order valence-corrected chi connectivity index (χ1v) is 13.0. The maximum atomic E-state index is 14.9. The fourth-order valence-corrected chi connectivity index (χ4v) is 4.65. The van der Waals surface area contributed by atoms with Gasteiger partial charge in [-0.05, 0) is 75.9 Å². The molecule has 1 saturated carbocycles. The van der Waals surface area contributed by atoms with E-state index in [4.69, 9.17) is 5.73 Å². The van der Waals surface area contributed by atoms with E-state index in [1.54, 1.807) is 63.1 Å². The highest BCUT2D eigenvalue weighted by molar-refractivity contribution is 6.09.